The summed E-state index contributed by atoms with van der Waals surface area (Å²) in [5.74, 6) is 0.316. The van der Waals surface area contributed by atoms with Gasteiger partial charge in [-0.15, -0.1) is 11.8 Å². The fourth-order valence-electron chi connectivity index (χ4n) is 3.98. The highest BCUT2D eigenvalue weighted by molar-refractivity contribution is 8.04. The third kappa shape index (κ3) is 4.74. The van der Waals surface area contributed by atoms with Gasteiger partial charge in [0.25, 0.3) is 0 Å². The van der Waals surface area contributed by atoms with Gasteiger partial charge < -0.3 is 10.1 Å². The number of esters is 1. The molecular formula is C25H26N2O3S. The standard InChI is InChI=1S/C25H26N2O3S/c1-25(2)13-19(23-20(14-25)27-21(15-31-23)24(29)30-3)26-18-11-9-17(10-12-18)22(28)16-7-5-4-6-8-16/h4-12,21,26H,13-15H2,1-3H3. The number of anilines is 1. The van der Waals surface area contributed by atoms with E-state index in [2.05, 4.69) is 19.2 Å². The monoisotopic (exact) mass is 434 g/mol. The van der Waals surface area contributed by atoms with Gasteiger partial charge >= 0.3 is 5.97 Å². The molecule has 0 aromatic heterocycles. The zero-order valence-electron chi connectivity index (χ0n) is 18.0. The van der Waals surface area contributed by atoms with Crippen molar-refractivity contribution in [2.75, 3.05) is 18.2 Å². The van der Waals surface area contributed by atoms with Crippen LogP contribution in [0.4, 0.5) is 5.69 Å². The zero-order valence-corrected chi connectivity index (χ0v) is 18.8. The first-order valence-corrected chi connectivity index (χ1v) is 11.3. The maximum atomic E-state index is 12.6. The highest BCUT2D eigenvalue weighted by atomic mass is 32.2. The van der Waals surface area contributed by atoms with Crippen molar-refractivity contribution in [2.45, 2.75) is 32.7 Å². The molecule has 4 rings (SSSR count). The summed E-state index contributed by atoms with van der Waals surface area (Å²) >= 11 is 1.66. The van der Waals surface area contributed by atoms with Gasteiger partial charge in [0.05, 0.1) is 12.8 Å². The van der Waals surface area contributed by atoms with Crippen molar-refractivity contribution in [3.8, 4) is 0 Å². The molecule has 1 N–H and O–H groups in total. The number of ether oxygens (including phenoxy) is 1. The Hall–Kier alpha value is -2.86. The zero-order chi connectivity index (χ0) is 22.0. The molecule has 0 amide bonds. The molecule has 0 bridgehead atoms. The van der Waals surface area contributed by atoms with Crippen molar-refractivity contribution in [3.05, 3.63) is 76.3 Å². The molecule has 1 atom stereocenters. The molecule has 1 aliphatic heterocycles. The number of ketones is 1. The highest BCUT2D eigenvalue weighted by Gasteiger charge is 2.36. The van der Waals surface area contributed by atoms with Crippen LogP contribution in [0.25, 0.3) is 0 Å². The van der Waals surface area contributed by atoms with E-state index >= 15 is 0 Å². The van der Waals surface area contributed by atoms with Crippen LogP contribution in [0.5, 0.6) is 0 Å². The molecule has 5 nitrogen and oxygen atoms in total. The minimum atomic E-state index is -0.438. The van der Waals surface area contributed by atoms with Crippen LogP contribution < -0.4 is 5.32 Å². The van der Waals surface area contributed by atoms with Crippen LogP contribution >= 0.6 is 11.8 Å². The number of allylic oxidation sites excluding steroid dienone is 2. The van der Waals surface area contributed by atoms with Crippen LogP contribution in [-0.2, 0) is 9.53 Å². The van der Waals surface area contributed by atoms with E-state index in [-0.39, 0.29) is 17.2 Å². The molecule has 0 saturated carbocycles. The lowest BCUT2D eigenvalue weighted by molar-refractivity contribution is -0.141. The first kappa shape index (κ1) is 21.4. The summed E-state index contributed by atoms with van der Waals surface area (Å²) in [6.45, 7) is 4.42. The van der Waals surface area contributed by atoms with Crippen LogP contribution in [0.1, 0.15) is 42.6 Å². The number of benzene rings is 2. The van der Waals surface area contributed by atoms with Crippen molar-refractivity contribution in [1.29, 1.82) is 0 Å². The Bertz CT molecular complexity index is 1060. The number of carbonyl (C=O) groups is 2. The molecule has 6 heteroatoms. The number of nitrogens with one attached hydrogen (secondary N) is 1. The van der Waals surface area contributed by atoms with Gasteiger partial charge in [-0.25, -0.2) is 4.79 Å². The second-order valence-corrected chi connectivity index (χ2v) is 9.68. The van der Waals surface area contributed by atoms with Crippen molar-refractivity contribution < 1.29 is 14.3 Å². The first-order chi connectivity index (χ1) is 14.9. The van der Waals surface area contributed by atoms with E-state index in [1.54, 1.807) is 11.8 Å². The highest BCUT2D eigenvalue weighted by Crippen LogP contribution is 2.43. The van der Waals surface area contributed by atoms with Gasteiger partial charge in [-0.2, -0.15) is 0 Å². The summed E-state index contributed by atoms with van der Waals surface area (Å²) in [5.41, 5.74) is 4.40. The Kier molecular flexibility index (Phi) is 6.01. The van der Waals surface area contributed by atoms with E-state index in [9.17, 15) is 9.59 Å². The van der Waals surface area contributed by atoms with E-state index < -0.39 is 6.04 Å². The lowest BCUT2D eigenvalue weighted by Crippen LogP contribution is -2.34. The molecule has 1 unspecified atom stereocenters. The van der Waals surface area contributed by atoms with Gasteiger partial charge in [-0.1, -0.05) is 44.2 Å². The van der Waals surface area contributed by atoms with Crippen LogP contribution in [0, 0.1) is 5.41 Å². The molecule has 2 aromatic carbocycles. The molecule has 2 aliphatic rings. The number of carbonyl (C=O) groups excluding carboxylic acids is 2. The van der Waals surface area contributed by atoms with Gasteiger partial charge in [-0.3, -0.25) is 9.79 Å². The SMILES string of the molecule is COC(=O)C1CSC2=C(Nc3ccc(C(=O)c4ccccc4)cc3)CC(C)(C)CC2=N1. The largest absolute Gasteiger partial charge is 0.467 e. The van der Waals surface area contributed by atoms with Crippen LogP contribution in [0.3, 0.4) is 0 Å². The van der Waals surface area contributed by atoms with E-state index in [0.717, 1.165) is 34.8 Å². The van der Waals surface area contributed by atoms with Crippen LogP contribution in [-0.4, -0.2) is 36.4 Å². The third-order valence-electron chi connectivity index (χ3n) is 5.49. The number of aliphatic imine (C=N–C) groups is 1. The Morgan fingerprint density at radius 2 is 1.71 bits per heavy atom. The van der Waals surface area contributed by atoms with Gasteiger partial charge in [0, 0.05) is 33.2 Å². The summed E-state index contributed by atoms with van der Waals surface area (Å²) in [5, 5.41) is 3.55. The second-order valence-electron chi connectivity index (χ2n) is 8.65. The topological polar surface area (TPSA) is 67.8 Å². The summed E-state index contributed by atoms with van der Waals surface area (Å²) in [4.78, 5) is 30.4. The van der Waals surface area contributed by atoms with E-state index in [0.29, 0.717) is 16.9 Å². The van der Waals surface area contributed by atoms with Crippen molar-refractivity contribution in [2.24, 2.45) is 10.4 Å². The number of methoxy groups -OCH3 is 1. The van der Waals surface area contributed by atoms with E-state index in [4.69, 9.17) is 9.73 Å². The lowest BCUT2D eigenvalue weighted by atomic mass is 9.78. The molecular weight excluding hydrogens is 408 g/mol. The summed E-state index contributed by atoms with van der Waals surface area (Å²) in [6.07, 6.45) is 1.72. The second kappa shape index (κ2) is 8.71. The Labute approximate surface area is 187 Å². The Balaban J connectivity index is 1.57. The maximum Gasteiger partial charge on any atom is 0.331 e. The van der Waals surface area contributed by atoms with Gasteiger partial charge in [0.2, 0.25) is 0 Å². The van der Waals surface area contributed by atoms with Crippen molar-refractivity contribution >= 4 is 34.9 Å². The number of hydrogen-bond donors (Lipinski definition) is 1. The van der Waals surface area contributed by atoms with E-state index in [1.165, 1.54) is 7.11 Å². The minimum absolute atomic E-state index is 0.0130. The molecule has 1 aliphatic carbocycles. The van der Waals surface area contributed by atoms with Gasteiger partial charge in [0.1, 0.15) is 0 Å². The predicted molar refractivity (Wildman–Crippen MR) is 126 cm³/mol. The van der Waals surface area contributed by atoms with Crippen molar-refractivity contribution in [3.63, 3.8) is 0 Å². The molecule has 0 radical (unpaired) electrons. The molecule has 2 aromatic rings. The number of rotatable bonds is 5. The number of hydrogen-bond acceptors (Lipinski definition) is 6. The number of nitrogens with zero attached hydrogens (tertiary/aromatic N) is 1. The van der Waals surface area contributed by atoms with Crippen LogP contribution in [0.2, 0.25) is 0 Å². The molecule has 160 valence electrons. The molecule has 1 heterocycles. The molecule has 0 fully saturated rings. The summed E-state index contributed by atoms with van der Waals surface area (Å²) in [7, 11) is 1.41. The van der Waals surface area contributed by atoms with E-state index in [1.807, 2.05) is 54.6 Å². The third-order valence-corrected chi connectivity index (χ3v) is 6.74. The average molecular weight is 435 g/mol. The first-order valence-electron chi connectivity index (χ1n) is 10.3. The number of fused-ring (bicyclic) bond motifs is 1. The molecule has 31 heavy (non-hydrogen) atoms. The molecule has 0 saturated heterocycles. The fourth-order valence-corrected chi connectivity index (χ4v) is 5.11. The van der Waals surface area contributed by atoms with Gasteiger partial charge in [0.15, 0.2) is 11.8 Å². The van der Waals surface area contributed by atoms with Crippen LogP contribution in [0.15, 0.2) is 70.2 Å². The summed E-state index contributed by atoms with van der Waals surface area (Å²) < 4.78 is 4.89. The number of thioether (sulfide) groups is 1. The molecule has 0 spiro atoms. The normalized spacial score (nSPS) is 19.8. The predicted octanol–water partition coefficient (Wildman–Crippen LogP) is 5.09. The lowest BCUT2D eigenvalue weighted by Gasteiger charge is -2.36. The summed E-state index contributed by atoms with van der Waals surface area (Å²) in [6, 6.07) is 16.4. The quantitative estimate of drug-likeness (QED) is 0.524. The Morgan fingerprint density at radius 1 is 1.03 bits per heavy atom. The smallest absolute Gasteiger partial charge is 0.331 e. The maximum absolute atomic E-state index is 12.6. The fraction of sp³-hybridized carbons (Fsp3) is 0.320. The minimum Gasteiger partial charge on any atom is -0.467 e. The average Bonchev–Trinajstić information content (AvgIpc) is 2.78. The van der Waals surface area contributed by atoms with Crippen molar-refractivity contribution in [1.82, 2.24) is 0 Å². The van der Waals surface area contributed by atoms with Gasteiger partial charge in [-0.05, 0) is 42.5 Å². The Morgan fingerprint density at radius 3 is 2.39 bits per heavy atom.